The number of fused-ring (bicyclic) bond motifs is 1. The molecule has 33 heavy (non-hydrogen) atoms. The average molecular weight is 445 g/mol. The average Bonchev–Trinajstić information content (AvgIpc) is 3.48. The number of nitrogens with one attached hydrogen (secondary N) is 2. The summed E-state index contributed by atoms with van der Waals surface area (Å²) in [4.78, 5) is 10.3. The number of aromatic amines is 2. The lowest BCUT2D eigenvalue weighted by molar-refractivity contribution is 0.0979. The first kappa shape index (κ1) is 20.9. The minimum absolute atomic E-state index is 0.0757. The highest BCUT2D eigenvalue weighted by Crippen LogP contribution is 2.36. The van der Waals surface area contributed by atoms with E-state index >= 15 is 0 Å². The van der Waals surface area contributed by atoms with Crippen molar-refractivity contribution in [3.8, 4) is 22.9 Å². The molecule has 2 aromatic heterocycles. The van der Waals surface area contributed by atoms with E-state index in [-0.39, 0.29) is 22.9 Å². The molecule has 3 aromatic carbocycles. The molecule has 166 valence electrons. The van der Waals surface area contributed by atoms with Crippen molar-refractivity contribution in [2.45, 2.75) is 19.4 Å². The summed E-state index contributed by atoms with van der Waals surface area (Å²) in [6.07, 6.45) is 3.27. The van der Waals surface area contributed by atoms with Gasteiger partial charge in [0.2, 0.25) is 0 Å². The van der Waals surface area contributed by atoms with E-state index in [2.05, 4.69) is 15.0 Å². The van der Waals surface area contributed by atoms with Gasteiger partial charge in [-0.25, -0.2) is 13.8 Å². The maximum absolute atomic E-state index is 14.7. The van der Waals surface area contributed by atoms with E-state index in [1.54, 1.807) is 38.4 Å². The zero-order valence-electron chi connectivity index (χ0n) is 18.0. The molecule has 0 radical (unpaired) electrons. The van der Waals surface area contributed by atoms with Gasteiger partial charge in [-0.3, -0.25) is 0 Å². The molecule has 5 rings (SSSR count). The van der Waals surface area contributed by atoms with Gasteiger partial charge in [0.1, 0.15) is 23.0 Å². The molecule has 5 aromatic rings. The van der Waals surface area contributed by atoms with Crippen molar-refractivity contribution < 1.29 is 18.6 Å². The van der Waals surface area contributed by atoms with Gasteiger partial charge in [0.15, 0.2) is 11.6 Å². The molecule has 0 amide bonds. The lowest BCUT2D eigenvalue weighted by Gasteiger charge is -2.21. The second-order valence-corrected chi connectivity index (χ2v) is 8.07. The van der Waals surface area contributed by atoms with E-state index in [1.807, 2.05) is 24.3 Å². The maximum atomic E-state index is 14.7. The van der Waals surface area contributed by atoms with Crippen LogP contribution in [0.3, 0.4) is 0 Å². The molecule has 0 saturated carbocycles. The Bertz CT molecular complexity index is 1460. The molecule has 5 nitrogen and oxygen atoms in total. The number of benzene rings is 3. The van der Waals surface area contributed by atoms with Crippen molar-refractivity contribution in [2.75, 3.05) is 0 Å². The van der Waals surface area contributed by atoms with Crippen LogP contribution in [-0.4, -0.2) is 20.1 Å². The van der Waals surface area contributed by atoms with Crippen LogP contribution in [0.1, 0.15) is 23.7 Å². The summed E-state index contributed by atoms with van der Waals surface area (Å²) in [6, 6.07) is 16.4. The SMILES string of the molecule is Cc1c(Oc2ccc(F)c(-c3nc(C(C)(O)c4ccccc4)c[nH]3)c2)c(F)cc2[nH]ccc12. The van der Waals surface area contributed by atoms with E-state index < -0.39 is 17.2 Å². The van der Waals surface area contributed by atoms with Crippen molar-refractivity contribution in [1.29, 1.82) is 0 Å². The van der Waals surface area contributed by atoms with Crippen molar-refractivity contribution in [3.05, 3.63) is 102 Å². The van der Waals surface area contributed by atoms with Gasteiger partial charge in [-0.15, -0.1) is 0 Å². The van der Waals surface area contributed by atoms with Gasteiger partial charge >= 0.3 is 0 Å². The van der Waals surface area contributed by atoms with E-state index in [0.717, 1.165) is 5.39 Å². The van der Waals surface area contributed by atoms with Gasteiger partial charge in [0, 0.05) is 34.9 Å². The molecule has 0 bridgehead atoms. The molecule has 0 spiro atoms. The third kappa shape index (κ3) is 3.66. The van der Waals surface area contributed by atoms with Gasteiger partial charge in [0.25, 0.3) is 0 Å². The predicted octanol–water partition coefficient (Wildman–Crippen LogP) is 6.19. The summed E-state index contributed by atoms with van der Waals surface area (Å²) in [5.74, 6) is -0.487. The highest BCUT2D eigenvalue weighted by molar-refractivity contribution is 5.85. The first-order valence-corrected chi connectivity index (χ1v) is 10.4. The van der Waals surface area contributed by atoms with Gasteiger partial charge in [0.05, 0.1) is 11.3 Å². The monoisotopic (exact) mass is 445 g/mol. The Labute approximate surface area is 188 Å². The molecule has 0 aliphatic heterocycles. The molecular formula is C26H21F2N3O2. The van der Waals surface area contributed by atoms with E-state index in [9.17, 15) is 13.9 Å². The number of halogens is 2. The van der Waals surface area contributed by atoms with Crippen LogP contribution in [0.5, 0.6) is 11.5 Å². The highest BCUT2D eigenvalue weighted by Gasteiger charge is 2.29. The first-order valence-electron chi connectivity index (χ1n) is 10.4. The van der Waals surface area contributed by atoms with E-state index in [0.29, 0.717) is 22.3 Å². The van der Waals surface area contributed by atoms with Crippen LogP contribution in [0, 0.1) is 18.6 Å². The Hall–Kier alpha value is -3.97. The normalized spacial score (nSPS) is 13.2. The van der Waals surface area contributed by atoms with Crippen LogP contribution >= 0.6 is 0 Å². The Morgan fingerprint density at radius 2 is 1.76 bits per heavy atom. The van der Waals surface area contributed by atoms with Crippen LogP contribution in [0.25, 0.3) is 22.3 Å². The highest BCUT2D eigenvalue weighted by atomic mass is 19.1. The second-order valence-electron chi connectivity index (χ2n) is 8.07. The molecule has 0 fully saturated rings. The fraction of sp³-hybridized carbons (Fsp3) is 0.115. The van der Waals surface area contributed by atoms with Crippen LogP contribution in [-0.2, 0) is 5.60 Å². The fourth-order valence-electron chi connectivity index (χ4n) is 3.93. The quantitative estimate of drug-likeness (QED) is 0.302. The summed E-state index contributed by atoms with van der Waals surface area (Å²) in [5.41, 5.74) is 1.08. The number of hydrogen-bond donors (Lipinski definition) is 3. The standard InChI is InChI=1S/C26H21F2N3O2/c1-15-18-10-11-29-22(18)13-21(28)24(15)33-17-8-9-20(27)19(12-17)25-30-14-23(31-25)26(2,32)16-6-4-3-5-7-16/h3-14,29,32H,1-2H3,(H,30,31). The summed E-state index contributed by atoms with van der Waals surface area (Å²) in [6.45, 7) is 3.39. The lowest BCUT2D eigenvalue weighted by atomic mass is 9.93. The smallest absolute Gasteiger partial charge is 0.168 e. The number of hydrogen-bond acceptors (Lipinski definition) is 3. The predicted molar refractivity (Wildman–Crippen MR) is 122 cm³/mol. The number of H-pyrrole nitrogens is 2. The van der Waals surface area contributed by atoms with Crippen LogP contribution in [0.2, 0.25) is 0 Å². The molecule has 0 saturated heterocycles. The number of aliphatic hydroxyl groups is 1. The first-order chi connectivity index (χ1) is 15.8. The third-order valence-electron chi connectivity index (χ3n) is 5.84. The second kappa shape index (κ2) is 7.86. The minimum atomic E-state index is -1.37. The van der Waals surface area contributed by atoms with Gasteiger partial charge in [-0.05, 0) is 43.7 Å². The van der Waals surface area contributed by atoms with Crippen molar-refractivity contribution >= 4 is 10.9 Å². The summed E-state index contributed by atoms with van der Waals surface area (Å²) < 4.78 is 35.2. The zero-order chi connectivity index (χ0) is 23.2. The number of nitrogens with zero attached hydrogens (tertiary/aromatic N) is 1. The van der Waals surface area contributed by atoms with Gasteiger partial charge < -0.3 is 19.8 Å². The number of aryl methyl sites for hydroxylation is 1. The number of ether oxygens (including phenoxy) is 1. The van der Waals surface area contributed by atoms with Crippen LogP contribution in [0.4, 0.5) is 8.78 Å². The number of aromatic nitrogens is 3. The molecule has 7 heteroatoms. The molecular weight excluding hydrogens is 424 g/mol. The third-order valence-corrected chi connectivity index (χ3v) is 5.84. The van der Waals surface area contributed by atoms with E-state index in [4.69, 9.17) is 4.74 Å². The molecule has 1 unspecified atom stereocenters. The molecule has 0 aliphatic rings. The van der Waals surface area contributed by atoms with E-state index in [1.165, 1.54) is 24.3 Å². The van der Waals surface area contributed by atoms with Crippen LogP contribution < -0.4 is 4.74 Å². The largest absolute Gasteiger partial charge is 0.454 e. The van der Waals surface area contributed by atoms with Gasteiger partial charge in [-0.2, -0.15) is 0 Å². The molecule has 2 heterocycles. The van der Waals surface area contributed by atoms with Crippen LogP contribution in [0.15, 0.2) is 73.1 Å². The number of rotatable bonds is 5. The van der Waals surface area contributed by atoms with Gasteiger partial charge in [-0.1, -0.05) is 30.3 Å². The summed E-state index contributed by atoms with van der Waals surface area (Å²) >= 11 is 0. The fourth-order valence-corrected chi connectivity index (χ4v) is 3.93. The lowest BCUT2D eigenvalue weighted by Crippen LogP contribution is -2.23. The van der Waals surface area contributed by atoms with Crippen molar-refractivity contribution in [1.82, 2.24) is 15.0 Å². The Morgan fingerprint density at radius 1 is 0.970 bits per heavy atom. The van der Waals surface area contributed by atoms with Crippen molar-refractivity contribution in [3.63, 3.8) is 0 Å². The zero-order valence-corrected chi connectivity index (χ0v) is 18.0. The molecule has 1 atom stereocenters. The molecule has 0 aliphatic carbocycles. The number of imidazole rings is 1. The Morgan fingerprint density at radius 3 is 2.55 bits per heavy atom. The maximum Gasteiger partial charge on any atom is 0.168 e. The van der Waals surface area contributed by atoms with Crippen molar-refractivity contribution in [2.24, 2.45) is 0 Å². The summed E-state index contributed by atoms with van der Waals surface area (Å²) in [7, 11) is 0. The molecule has 3 N–H and O–H groups in total. The minimum Gasteiger partial charge on any atom is -0.454 e. The summed E-state index contributed by atoms with van der Waals surface area (Å²) in [5, 5.41) is 11.9. The Kier molecular flexibility index (Phi) is 4.98. The topological polar surface area (TPSA) is 73.9 Å². The Balaban J connectivity index is 1.50.